The maximum Gasteiger partial charge on any atom is 0.141 e. The summed E-state index contributed by atoms with van der Waals surface area (Å²) in [5, 5.41) is 0.755. The van der Waals surface area contributed by atoms with E-state index in [-0.39, 0.29) is 5.02 Å². The number of halogens is 3. The van der Waals surface area contributed by atoms with E-state index in [2.05, 4.69) is 15.9 Å². The second kappa shape index (κ2) is 6.95. The fourth-order valence-corrected chi connectivity index (χ4v) is 2.36. The van der Waals surface area contributed by atoms with Crippen molar-refractivity contribution >= 4 is 27.5 Å². The zero-order valence-corrected chi connectivity index (χ0v) is 13.2. The van der Waals surface area contributed by atoms with Gasteiger partial charge >= 0.3 is 0 Å². The van der Waals surface area contributed by atoms with Crippen molar-refractivity contribution in [2.75, 3.05) is 7.11 Å². The predicted octanol–water partition coefficient (Wildman–Crippen LogP) is 4.96. The van der Waals surface area contributed by atoms with Crippen molar-refractivity contribution in [2.45, 2.75) is 11.9 Å². The second-order valence-electron chi connectivity index (χ2n) is 4.14. The van der Waals surface area contributed by atoms with E-state index in [0.29, 0.717) is 11.9 Å². The minimum Gasteiger partial charge on any atom is -0.497 e. The summed E-state index contributed by atoms with van der Waals surface area (Å²) >= 11 is 9.15. The van der Waals surface area contributed by atoms with Gasteiger partial charge < -0.3 is 9.47 Å². The summed E-state index contributed by atoms with van der Waals surface area (Å²) in [7, 11) is 1.62. The Morgan fingerprint density at radius 2 is 2.00 bits per heavy atom. The first-order chi connectivity index (χ1) is 9.63. The lowest BCUT2D eigenvalue weighted by molar-refractivity contribution is 0.303. The van der Waals surface area contributed by atoms with Crippen molar-refractivity contribution in [2.24, 2.45) is 0 Å². The first-order valence-corrected chi connectivity index (χ1v) is 7.43. The van der Waals surface area contributed by atoms with Gasteiger partial charge in [-0.25, -0.2) is 4.39 Å². The molecule has 0 unspecified atom stereocenters. The minimum atomic E-state index is -0.430. The van der Waals surface area contributed by atoms with Crippen LogP contribution >= 0.6 is 27.5 Å². The van der Waals surface area contributed by atoms with Crippen molar-refractivity contribution in [3.63, 3.8) is 0 Å². The lowest BCUT2D eigenvalue weighted by Crippen LogP contribution is -1.99. The van der Waals surface area contributed by atoms with E-state index in [1.807, 2.05) is 18.2 Å². The van der Waals surface area contributed by atoms with Gasteiger partial charge in [-0.15, -0.1) is 0 Å². The SMILES string of the molecule is COc1ccc(OCc2ccc(F)c(Cl)c2)c(CBr)c1. The summed E-state index contributed by atoms with van der Waals surface area (Å²) in [4.78, 5) is 0. The molecule has 0 saturated heterocycles. The van der Waals surface area contributed by atoms with Crippen LogP contribution < -0.4 is 9.47 Å². The highest BCUT2D eigenvalue weighted by Gasteiger charge is 2.06. The Morgan fingerprint density at radius 1 is 1.20 bits per heavy atom. The van der Waals surface area contributed by atoms with Gasteiger partial charge in [-0.2, -0.15) is 0 Å². The summed E-state index contributed by atoms with van der Waals surface area (Å²) in [5.41, 5.74) is 1.80. The number of alkyl halides is 1. The molecular formula is C15H13BrClFO2. The van der Waals surface area contributed by atoms with Crippen LogP contribution in [0.15, 0.2) is 36.4 Å². The van der Waals surface area contributed by atoms with Crippen LogP contribution in [0.4, 0.5) is 4.39 Å². The van der Waals surface area contributed by atoms with Gasteiger partial charge in [0.2, 0.25) is 0 Å². The molecule has 106 valence electrons. The Kier molecular flexibility index (Phi) is 5.26. The zero-order chi connectivity index (χ0) is 14.5. The fourth-order valence-electron chi connectivity index (χ4n) is 1.72. The molecule has 2 nitrogen and oxygen atoms in total. The molecule has 0 aliphatic rings. The topological polar surface area (TPSA) is 18.5 Å². The molecule has 0 amide bonds. The van der Waals surface area contributed by atoms with Crippen molar-refractivity contribution in [3.8, 4) is 11.5 Å². The maximum atomic E-state index is 13.1. The van der Waals surface area contributed by atoms with Crippen LogP contribution in [0, 0.1) is 5.82 Å². The van der Waals surface area contributed by atoms with E-state index in [0.717, 1.165) is 22.6 Å². The molecule has 0 fully saturated rings. The highest BCUT2D eigenvalue weighted by molar-refractivity contribution is 9.08. The van der Waals surface area contributed by atoms with E-state index in [1.54, 1.807) is 19.2 Å². The molecule has 0 atom stereocenters. The van der Waals surface area contributed by atoms with E-state index in [1.165, 1.54) is 6.07 Å². The fraction of sp³-hybridized carbons (Fsp3) is 0.200. The van der Waals surface area contributed by atoms with Crippen molar-refractivity contribution < 1.29 is 13.9 Å². The van der Waals surface area contributed by atoms with E-state index in [4.69, 9.17) is 21.1 Å². The van der Waals surface area contributed by atoms with Crippen molar-refractivity contribution in [3.05, 3.63) is 58.4 Å². The average molecular weight is 360 g/mol. The third-order valence-corrected chi connectivity index (χ3v) is 3.68. The molecule has 2 rings (SSSR count). The van der Waals surface area contributed by atoms with Gasteiger partial charge in [-0.3, -0.25) is 0 Å². The van der Waals surface area contributed by atoms with Crippen molar-refractivity contribution in [1.29, 1.82) is 0 Å². The van der Waals surface area contributed by atoms with Gasteiger partial charge in [0.05, 0.1) is 12.1 Å². The smallest absolute Gasteiger partial charge is 0.141 e. The Bertz CT molecular complexity index is 604. The monoisotopic (exact) mass is 358 g/mol. The summed E-state index contributed by atoms with van der Waals surface area (Å²) in [5.74, 6) is 1.10. The Hall–Kier alpha value is -1.26. The van der Waals surface area contributed by atoms with Gasteiger partial charge in [-0.1, -0.05) is 33.6 Å². The normalized spacial score (nSPS) is 10.4. The van der Waals surface area contributed by atoms with E-state index >= 15 is 0 Å². The average Bonchev–Trinajstić information content (AvgIpc) is 2.48. The molecule has 5 heteroatoms. The third-order valence-electron chi connectivity index (χ3n) is 2.79. The lowest BCUT2D eigenvalue weighted by atomic mass is 10.2. The number of ether oxygens (including phenoxy) is 2. The number of hydrogen-bond acceptors (Lipinski definition) is 2. The molecule has 0 heterocycles. The molecule has 0 aromatic heterocycles. The molecule has 0 aliphatic carbocycles. The Balaban J connectivity index is 2.12. The number of methoxy groups -OCH3 is 1. The highest BCUT2D eigenvalue weighted by Crippen LogP contribution is 2.27. The minimum absolute atomic E-state index is 0.0987. The van der Waals surface area contributed by atoms with Crippen LogP contribution in [0.1, 0.15) is 11.1 Å². The summed E-state index contributed by atoms with van der Waals surface area (Å²) in [6, 6.07) is 10.1. The summed E-state index contributed by atoms with van der Waals surface area (Å²) in [6.45, 7) is 0.326. The standard InChI is InChI=1S/C15H13BrClFO2/c1-19-12-3-5-15(11(7-12)8-16)20-9-10-2-4-14(18)13(17)6-10/h2-7H,8-9H2,1H3. The van der Waals surface area contributed by atoms with Gasteiger partial charge in [0.1, 0.15) is 23.9 Å². The third kappa shape index (κ3) is 3.64. The molecule has 0 saturated carbocycles. The van der Waals surface area contributed by atoms with Gasteiger partial charge in [0.25, 0.3) is 0 Å². The Morgan fingerprint density at radius 3 is 2.65 bits per heavy atom. The number of rotatable bonds is 5. The number of hydrogen-bond donors (Lipinski definition) is 0. The molecule has 20 heavy (non-hydrogen) atoms. The highest BCUT2D eigenvalue weighted by atomic mass is 79.9. The largest absolute Gasteiger partial charge is 0.497 e. The first kappa shape index (κ1) is 15.1. The molecule has 0 radical (unpaired) electrons. The molecule has 0 aliphatic heterocycles. The van der Waals surface area contributed by atoms with Crippen LogP contribution in [-0.4, -0.2) is 7.11 Å². The molecule has 0 N–H and O–H groups in total. The van der Waals surface area contributed by atoms with Crippen LogP contribution in [0.2, 0.25) is 5.02 Å². The summed E-state index contributed by atoms with van der Waals surface area (Å²) in [6.07, 6.45) is 0. The van der Waals surface area contributed by atoms with Crippen LogP contribution in [0.3, 0.4) is 0 Å². The van der Waals surface area contributed by atoms with Gasteiger partial charge in [-0.05, 0) is 35.9 Å². The molecule has 2 aromatic carbocycles. The number of benzene rings is 2. The predicted molar refractivity (Wildman–Crippen MR) is 81.4 cm³/mol. The second-order valence-corrected chi connectivity index (χ2v) is 5.11. The lowest BCUT2D eigenvalue weighted by Gasteiger charge is -2.12. The summed E-state index contributed by atoms with van der Waals surface area (Å²) < 4.78 is 24.0. The van der Waals surface area contributed by atoms with Gasteiger partial charge in [0, 0.05) is 10.9 Å². The van der Waals surface area contributed by atoms with Crippen LogP contribution in [0.25, 0.3) is 0 Å². The Labute approximate surface area is 130 Å². The molecule has 0 bridgehead atoms. The first-order valence-electron chi connectivity index (χ1n) is 5.93. The van der Waals surface area contributed by atoms with E-state index in [9.17, 15) is 4.39 Å². The quantitative estimate of drug-likeness (QED) is 0.702. The van der Waals surface area contributed by atoms with E-state index < -0.39 is 5.82 Å². The zero-order valence-electron chi connectivity index (χ0n) is 10.8. The van der Waals surface area contributed by atoms with Crippen LogP contribution in [0.5, 0.6) is 11.5 Å². The van der Waals surface area contributed by atoms with Crippen LogP contribution in [-0.2, 0) is 11.9 Å². The molecule has 0 spiro atoms. The molecule has 2 aromatic rings. The molecular weight excluding hydrogens is 347 g/mol. The van der Waals surface area contributed by atoms with Gasteiger partial charge in [0.15, 0.2) is 0 Å². The van der Waals surface area contributed by atoms with Crippen molar-refractivity contribution in [1.82, 2.24) is 0 Å². The maximum absolute atomic E-state index is 13.1.